The highest BCUT2D eigenvalue weighted by molar-refractivity contribution is 7.89. The number of rotatable bonds is 6. The van der Waals surface area contributed by atoms with Gasteiger partial charge in [0.05, 0.1) is 11.3 Å². The normalized spacial score (nSPS) is 12.3. The van der Waals surface area contributed by atoms with Crippen molar-refractivity contribution >= 4 is 39.0 Å². The highest BCUT2D eigenvalue weighted by atomic mass is 35.5. The number of benzene rings is 2. The van der Waals surface area contributed by atoms with Crippen molar-refractivity contribution in [2.75, 3.05) is 11.6 Å². The van der Waals surface area contributed by atoms with Gasteiger partial charge in [-0.15, -0.1) is 0 Å². The number of esters is 1. The minimum Gasteiger partial charge on any atom is -0.449 e. The minimum atomic E-state index is -3.16. The van der Waals surface area contributed by atoms with Crippen LogP contribution in [-0.4, -0.2) is 32.7 Å². The molecule has 0 aromatic heterocycles. The third-order valence-corrected chi connectivity index (χ3v) is 4.82. The number of anilines is 1. The van der Waals surface area contributed by atoms with E-state index in [2.05, 4.69) is 5.32 Å². The second-order valence-corrected chi connectivity index (χ2v) is 8.84. The number of hydrogen-bond donors (Lipinski definition) is 1. The van der Waals surface area contributed by atoms with E-state index in [1.165, 1.54) is 31.2 Å². The molecule has 1 N–H and O–H groups in total. The molecule has 8 heteroatoms. The van der Waals surface area contributed by atoms with Crippen molar-refractivity contribution in [2.24, 2.45) is 0 Å². The maximum Gasteiger partial charge on any atom is 0.338 e. The fourth-order valence-electron chi connectivity index (χ4n) is 2.29. The fraction of sp³-hybridized carbons (Fsp3) is 0.263. The average Bonchev–Trinajstić information content (AvgIpc) is 2.57. The van der Waals surface area contributed by atoms with Gasteiger partial charge in [0.2, 0.25) is 0 Å². The molecule has 27 heavy (non-hydrogen) atoms. The van der Waals surface area contributed by atoms with Crippen LogP contribution >= 0.6 is 11.6 Å². The Morgan fingerprint density at radius 2 is 1.78 bits per heavy atom. The van der Waals surface area contributed by atoms with Crippen molar-refractivity contribution < 1.29 is 22.7 Å². The molecule has 144 valence electrons. The standard InChI is InChI=1S/C19H20ClNO5S/c1-12-4-9-16(20)10-17(12)21-18(22)13(2)26-19(23)15-7-5-14(6-8-15)11-27(3,24)25/h4-10,13H,11H2,1-3H3,(H,21,22)/t13-/m1/s1. The summed E-state index contributed by atoms with van der Waals surface area (Å²) in [6.45, 7) is 3.28. The summed E-state index contributed by atoms with van der Waals surface area (Å²) in [5.74, 6) is -1.27. The van der Waals surface area contributed by atoms with Crippen molar-refractivity contribution in [1.29, 1.82) is 0 Å². The average molecular weight is 410 g/mol. The van der Waals surface area contributed by atoms with E-state index >= 15 is 0 Å². The van der Waals surface area contributed by atoms with Gasteiger partial charge in [0, 0.05) is 17.0 Å². The molecular formula is C19H20ClNO5S. The summed E-state index contributed by atoms with van der Waals surface area (Å²) in [5, 5.41) is 3.16. The lowest BCUT2D eigenvalue weighted by Gasteiger charge is -2.15. The highest BCUT2D eigenvalue weighted by Crippen LogP contribution is 2.20. The van der Waals surface area contributed by atoms with Gasteiger partial charge in [0.15, 0.2) is 15.9 Å². The molecule has 0 bridgehead atoms. The molecule has 2 aromatic carbocycles. The Morgan fingerprint density at radius 1 is 1.15 bits per heavy atom. The van der Waals surface area contributed by atoms with Gasteiger partial charge in [-0.1, -0.05) is 29.8 Å². The first-order valence-electron chi connectivity index (χ1n) is 8.10. The summed E-state index contributed by atoms with van der Waals surface area (Å²) >= 11 is 5.92. The SMILES string of the molecule is Cc1ccc(Cl)cc1NC(=O)[C@@H](C)OC(=O)c1ccc(CS(C)(=O)=O)cc1. The van der Waals surface area contributed by atoms with Crippen LogP contribution in [0, 0.1) is 6.92 Å². The molecule has 0 spiro atoms. The van der Waals surface area contributed by atoms with Crippen molar-refractivity contribution in [3.8, 4) is 0 Å². The van der Waals surface area contributed by atoms with Crippen molar-refractivity contribution in [1.82, 2.24) is 0 Å². The molecule has 0 fully saturated rings. The Morgan fingerprint density at radius 3 is 2.37 bits per heavy atom. The Kier molecular flexibility index (Phi) is 6.62. The second-order valence-electron chi connectivity index (χ2n) is 6.26. The summed E-state index contributed by atoms with van der Waals surface area (Å²) in [5.41, 5.74) is 2.16. The lowest BCUT2D eigenvalue weighted by molar-refractivity contribution is -0.123. The number of halogens is 1. The molecule has 6 nitrogen and oxygen atoms in total. The summed E-state index contributed by atoms with van der Waals surface area (Å²) in [7, 11) is -3.16. The van der Waals surface area contributed by atoms with Gasteiger partial charge in [0.25, 0.3) is 5.91 Å². The van der Waals surface area contributed by atoms with Crippen molar-refractivity contribution in [3.05, 3.63) is 64.2 Å². The Bertz CT molecular complexity index is 955. The number of sulfone groups is 1. The van der Waals surface area contributed by atoms with Crippen LogP contribution in [0.4, 0.5) is 5.69 Å². The zero-order valence-electron chi connectivity index (χ0n) is 15.2. The van der Waals surface area contributed by atoms with E-state index in [-0.39, 0.29) is 11.3 Å². The largest absolute Gasteiger partial charge is 0.449 e. The fourth-order valence-corrected chi connectivity index (χ4v) is 3.26. The first kappa shape index (κ1) is 20.9. The number of aryl methyl sites for hydroxylation is 1. The van der Waals surface area contributed by atoms with E-state index in [9.17, 15) is 18.0 Å². The molecule has 1 amide bonds. The van der Waals surface area contributed by atoms with Gasteiger partial charge >= 0.3 is 5.97 Å². The first-order valence-corrected chi connectivity index (χ1v) is 10.5. The smallest absolute Gasteiger partial charge is 0.338 e. The van der Waals surface area contributed by atoms with E-state index < -0.39 is 27.8 Å². The number of carbonyl (C=O) groups is 2. The zero-order valence-corrected chi connectivity index (χ0v) is 16.7. The molecule has 1 atom stereocenters. The first-order chi connectivity index (χ1) is 12.5. The molecule has 0 aliphatic rings. The van der Waals surface area contributed by atoms with Gasteiger partial charge in [-0.2, -0.15) is 0 Å². The molecule has 0 saturated heterocycles. The number of hydrogen-bond acceptors (Lipinski definition) is 5. The van der Waals surface area contributed by atoms with Crippen LogP contribution in [-0.2, 0) is 25.1 Å². The topological polar surface area (TPSA) is 89.5 Å². The molecular weight excluding hydrogens is 390 g/mol. The maximum absolute atomic E-state index is 12.3. The monoisotopic (exact) mass is 409 g/mol. The quantitative estimate of drug-likeness (QED) is 0.738. The number of carbonyl (C=O) groups excluding carboxylic acids is 2. The van der Waals surface area contributed by atoms with E-state index in [0.717, 1.165) is 11.8 Å². The summed E-state index contributed by atoms with van der Waals surface area (Å²) in [6, 6.07) is 11.1. The summed E-state index contributed by atoms with van der Waals surface area (Å²) < 4.78 is 27.8. The van der Waals surface area contributed by atoms with Crippen LogP contribution in [0.1, 0.15) is 28.4 Å². The van der Waals surface area contributed by atoms with E-state index in [1.54, 1.807) is 18.2 Å². The van der Waals surface area contributed by atoms with Crippen LogP contribution in [0.5, 0.6) is 0 Å². The Hall–Kier alpha value is -2.38. The van der Waals surface area contributed by atoms with Gasteiger partial charge < -0.3 is 10.1 Å². The van der Waals surface area contributed by atoms with Crippen molar-refractivity contribution in [2.45, 2.75) is 25.7 Å². The van der Waals surface area contributed by atoms with Crippen LogP contribution in [0.3, 0.4) is 0 Å². The summed E-state index contributed by atoms with van der Waals surface area (Å²) in [4.78, 5) is 24.4. The van der Waals surface area contributed by atoms with Crippen LogP contribution in [0.25, 0.3) is 0 Å². The molecule has 2 rings (SSSR count). The van der Waals surface area contributed by atoms with Crippen LogP contribution in [0.2, 0.25) is 5.02 Å². The number of nitrogens with one attached hydrogen (secondary N) is 1. The lowest BCUT2D eigenvalue weighted by atomic mass is 10.1. The van der Waals surface area contributed by atoms with E-state index in [0.29, 0.717) is 16.3 Å². The predicted molar refractivity (Wildman–Crippen MR) is 105 cm³/mol. The molecule has 0 heterocycles. The van der Waals surface area contributed by atoms with Crippen LogP contribution in [0.15, 0.2) is 42.5 Å². The number of ether oxygens (including phenoxy) is 1. The van der Waals surface area contributed by atoms with Crippen molar-refractivity contribution in [3.63, 3.8) is 0 Å². The van der Waals surface area contributed by atoms with Gasteiger partial charge in [-0.3, -0.25) is 4.79 Å². The molecule has 0 unspecified atom stereocenters. The molecule has 0 aliphatic carbocycles. The van der Waals surface area contributed by atoms with Gasteiger partial charge in [-0.05, 0) is 49.2 Å². The second kappa shape index (κ2) is 8.54. The highest BCUT2D eigenvalue weighted by Gasteiger charge is 2.20. The predicted octanol–water partition coefficient (Wildman–Crippen LogP) is 3.38. The third kappa shape index (κ3) is 6.37. The number of amides is 1. The molecule has 0 radical (unpaired) electrons. The van der Waals surface area contributed by atoms with Gasteiger partial charge in [-0.25, -0.2) is 13.2 Å². The Balaban J connectivity index is 2.00. The third-order valence-electron chi connectivity index (χ3n) is 3.73. The molecule has 2 aromatic rings. The van der Waals surface area contributed by atoms with Crippen LogP contribution < -0.4 is 5.32 Å². The maximum atomic E-state index is 12.3. The van der Waals surface area contributed by atoms with E-state index in [1.807, 2.05) is 6.92 Å². The van der Waals surface area contributed by atoms with Gasteiger partial charge in [0.1, 0.15) is 0 Å². The molecule has 0 saturated carbocycles. The van der Waals surface area contributed by atoms with E-state index in [4.69, 9.17) is 16.3 Å². The Labute approximate surface area is 163 Å². The molecule has 0 aliphatic heterocycles. The zero-order chi connectivity index (χ0) is 20.2. The minimum absolute atomic E-state index is 0.111. The lowest BCUT2D eigenvalue weighted by Crippen LogP contribution is -2.30. The summed E-state index contributed by atoms with van der Waals surface area (Å²) in [6.07, 6.45) is 0.114.